The third kappa shape index (κ3) is 3.26. The number of phenols is 1. The summed E-state index contributed by atoms with van der Waals surface area (Å²) in [6.07, 6.45) is 1.68. The van der Waals surface area contributed by atoms with Gasteiger partial charge < -0.3 is 9.84 Å². The number of benzene rings is 2. The molecule has 3 nitrogen and oxygen atoms in total. The summed E-state index contributed by atoms with van der Waals surface area (Å²) in [6, 6.07) is 10.7. The van der Waals surface area contributed by atoms with Crippen LogP contribution in [0.2, 0.25) is 5.02 Å². The van der Waals surface area contributed by atoms with Gasteiger partial charge in [0.05, 0.1) is 17.8 Å². The first kappa shape index (κ1) is 13.4. The molecule has 0 spiro atoms. The summed E-state index contributed by atoms with van der Waals surface area (Å²) >= 11 is 6.10. The zero-order valence-electron chi connectivity index (χ0n) is 10.7. The van der Waals surface area contributed by atoms with Crippen LogP contribution in [0, 0.1) is 6.92 Å². The first-order valence-electron chi connectivity index (χ1n) is 5.77. The second-order valence-corrected chi connectivity index (χ2v) is 4.55. The molecule has 1 N–H and O–H groups in total. The molecule has 0 heterocycles. The number of hydrogen-bond donors (Lipinski definition) is 1. The van der Waals surface area contributed by atoms with Gasteiger partial charge in [0, 0.05) is 6.21 Å². The molecule has 0 saturated heterocycles. The van der Waals surface area contributed by atoms with Gasteiger partial charge in [-0.1, -0.05) is 17.7 Å². The number of ether oxygens (including phenoxy) is 1. The predicted molar refractivity (Wildman–Crippen MR) is 78.1 cm³/mol. The van der Waals surface area contributed by atoms with E-state index in [0.29, 0.717) is 16.5 Å². The number of phenolic OH excluding ortho intramolecular Hbond substituents is 1. The highest BCUT2D eigenvalue weighted by Crippen LogP contribution is 2.27. The number of methoxy groups -OCH3 is 1. The molecule has 0 fully saturated rings. The van der Waals surface area contributed by atoms with Gasteiger partial charge in [0.2, 0.25) is 0 Å². The lowest BCUT2D eigenvalue weighted by Crippen LogP contribution is -1.87. The molecule has 0 unspecified atom stereocenters. The van der Waals surface area contributed by atoms with Gasteiger partial charge >= 0.3 is 0 Å². The largest absolute Gasteiger partial charge is 0.504 e. The van der Waals surface area contributed by atoms with Crippen LogP contribution in [0.4, 0.5) is 5.69 Å². The van der Waals surface area contributed by atoms with Gasteiger partial charge in [-0.05, 0) is 48.4 Å². The van der Waals surface area contributed by atoms with Crippen molar-refractivity contribution < 1.29 is 9.84 Å². The molecule has 0 amide bonds. The number of aliphatic imine (C=N–C) groups is 1. The maximum absolute atomic E-state index is 9.50. The van der Waals surface area contributed by atoms with Gasteiger partial charge in [0.1, 0.15) is 0 Å². The van der Waals surface area contributed by atoms with E-state index in [0.717, 1.165) is 11.1 Å². The van der Waals surface area contributed by atoms with E-state index in [1.807, 2.05) is 25.1 Å². The highest BCUT2D eigenvalue weighted by atomic mass is 35.5. The van der Waals surface area contributed by atoms with Crippen LogP contribution in [0.25, 0.3) is 0 Å². The Bertz CT molecular complexity index is 624. The molecular formula is C15H14ClNO2. The monoisotopic (exact) mass is 275 g/mol. The summed E-state index contributed by atoms with van der Waals surface area (Å²) < 4.78 is 5.04. The highest BCUT2D eigenvalue weighted by molar-refractivity contribution is 6.33. The van der Waals surface area contributed by atoms with Crippen LogP contribution in [-0.4, -0.2) is 18.4 Å². The van der Waals surface area contributed by atoms with Gasteiger partial charge in [-0.3, -0.25) is 4.99 Å². The van der Waals surface area contributed by atoms with Gasteiger partial charge in [0.15, 0.2) is 11.5 Å². The zero-order valence-corrected chi connectivity index (χ0v) is 11.5. The molecule has 0 aromatic heterocycles. The molecule has 2 aromatic rings. The molecule has 0 aliphatic rings. The minimum atomic E-state index is 0.105. The fraction of sp³-hybridized carbons (Fsp3) is 0.133. The van der Waals surface area contributed by atoms with Crippen LogP contribution >= 0.6 is 11.6 Å². The number of aryl methyl sites for hydroxylation is 1. The Morgan fingerprint density at radius 2 is 2.00 bits per heavy atom. The van der Waals surface area contributed by atoms with Crippen molar-refractivity contribution in [3.05, 3.63) is 52.5 Å². The molecule has 19 heavy (non-hydrogen) atoms. The van der Waals surface area contributed by atoms with E-state index in [1.54, 1.807) is 24.4 Å². The van der Waals surface area contributed by atoms with Gasteiger partial charge in [-0.15, -0.1) is 0 Å². The number of nitrogens with zero attached hydrogens (tertiary/aromatic N) is 1. The topological polar surface area (TPSA) is 41.8 Å². The third-order valence-corrected chi connectivity index (χ3v) is 2.96. The molecule has 0 bridgehead atoms. The van der Waals surface area contributed by atoms with Crippen molar-refractivity contribution in [3.8, 4) is 11.5 Å². The van der Waals surface area contributed by atoms with E-state index in [1.165, 1.54) is 7.11 Å². The molecule has 2 rings (SSSR count). The molecule has 98 valence electrons. The van der Waals surface area contributed by atoms with Crippen LogP contribution in [0.15, 0.2) is 41.4 Å². The second kappa shape index (κ2) is 5.76. The van der Waals surface area contributed by atoms with E-state index >= 15 is 0 Å². The Kier molecular flexibility index (Phi) is 4.07. The first-order valence-corrected chi connectivity index (χ1v) is 6.15. The Hall–Kier alpha value is -2.00. The quantitative estimate of drug-likeness (QED) is 0.857. The van der Waals surface area contributed by atoms with Crippen LogP contribution < -0.4 is 4.74 Å². The molecule has 4 heteroatoms. The normalized spacial score (nSPS) is 10.9. The van der Waals surface area contributed by atoms with Crippen LogP contribution in [0.5, 0.6) is 11.5 Å². The minimum absolute atomic E-state index is 0.105. The molecule has 2 aromatic carbocycles. The average molecular weight is 276 g/mol. The van der Waals surface area contributed by atoms with Crippen molar-refractivity contribution >= 4 is 23.5 Å². The number of rotatable bonds is 3. The van der Waals surface area contributed by atoms with Crippen molar-refractivity contribution in [2.45, 2.75) is 6.92 Å². The Morgan fingerprint density at radius 1 is 1.21 bits per heavy atom. The summed E-state index contributed by atoms with van der Waals surface area (Å²) in [5, 5.41) is 10.1. The molecule has 0 saturated carbocycles. The van der Waals surface area contributed by atoms with Crippen molar-refractivity contribution in [2.75, 3.05) is 7.11 Å². The van der Waals surface area contributed by atoms with Crippen molar-refractivity contribution in [1.82, 2.24) is 0 Å². The third-order valence-electron chi connectivity index (χ3n) is 2.66. The summed E-state index contributed by atoms with van der Waals surface area (Å²) in [6.45, 7) is 1.98. The fourth-order valence-electron chi connectivity index (χ4n) is 1.64. The van der Waals surface area contributed by atoms with E-state index in [2.05, 4.69) is 4.99 Å². The summed E-state index contributed by atoms with van der Waals surface area (Å²) in [7, 11) is 1.51. The minimum Gasteiger partial charge on any atom is -0.504 e. The molecule has 0 aliphatic heterocycles. The molecule has 0 radical (unpaired) electrons. The SMILES string of the molecule is COc1cc(C=Nc2ccc(C)cc2Cl)ccc1O. The average Bonchev–Trinajstić information content (AvgIpc) is 2.39. The van der Waals surface area contributed by atoms with Gasteiger partial charge in [-0.25, -0.2) is 0 Å². The van der Waals surface area contributed by atoms with Crippen LogP contribution in [0.1, 0.15) is 11.1 Å². The summed E-state index contributed by atoms with van der Waals surface area (Å²) in [5.74, 6) is 0.520. The first-order chi connectivity index (χ1) is 9.10. The highest BCUT2D eigenvalue weighted by Gasteiger charge is 2.01. The lowest BCUT2D eigenvalue weighted by Gasteiger charge is -2.03. The number of halogens is 1. The number of hydrogen-bond acceptors (Lipinski definition) is 3. The maximum Gasteiger partial charge on any atom is 0.161 e. The van der Waals surface area contributed by atoms with Crippen molar-refractivity contribution in [3.63, 3.8) is 0 Å². The Morgan fingerprint density at radius 3 is 2.68 bits per heavy atom. The van der Waals surface area contributed by atoms with E-state index in [9.17, 15) is 5.11 Å². The maximum atomic E-state index is 9.50. The Labute approximate surface area is 117 Å². The van der Waals surface area contributed by atoms with E-state index in [-0.39, 0.29) is 5.75 Å². The smallest absolute Gasteiger partial charge is 0.161 e. The van der Waals surface area contributed by atoms with Crippen LogP contribution in [-0.2, 0) is 0 Å². The standard InChI is InChI=1S/C15H14ClNO2/c1-10-3-5-13(12(16)7-10)17-9-11-4-6-14(18)15(8-11)19-2/h3-9,18H,1-2H3. The molecule has 0 atom stereocenters. The molecular weight excluding hydrogens is 262 g/mol. The summed E-state index contributed by atoms with van der Waals surface area (Å²) in [4.78, 5) is 4.33. The van der Waals surface area contributed by atoms with E-state index < -0.39 is 0 Å². The van der Waals surface area contributed by atoms with Crippen molar-refractivity contribution in [2.24, 2.45) is 4.99 Å². The van der Waals surface area contributed by atoms with Crippen molar-refractivity contribution in [1.29, 1.82) is 0 Å². The molecule has 0 aliphatic carbocycles. The predicted octanol–water partition coefficient (Wildman–Crippen LogP) is 4.11. The van der Waals surface area contributed by atoms with Gasteiger partial charge in [0.25, 0.3) is 0 Å². The second-order valence-electron chi connectivity index (χ2n) is 4.14. The number of aromatic hydroxyl groups is 1. The van der Waals surface area contributed by atoms with Crippen LogP contribution in [0.3, 0.4) is 0 Å². The van der Waals surface area contributed by atoms with E-state index in [4.69, 9.17) is 16.3 Å². The zero-order chi connectivity index (χ0) is 13.8. The lowest BCUT2D eigenvalue weighted by atomic mass is 10.2. The summed E-state index contributed by atoms with van der Waals surface area (Å²) in [5.41, 5.74) is 2.63. The Balaban J connectivity index is 2.27. The van der Waals surface area contributed by atoms with Gasteiger partial charge in [-0.2, -0.15) is 0 Å². The lowest BCUT2D eigenvalue weighted by molar-refractivity contribution is 0.373. The fourth-order valence-corrected chi connectivity index (χ4v) is 1.92.